The number of rotatable bonds is 16. The van der Waals surface area contributed by atoms with Crippen molar-refractivity contribution in [2.45, 2.75) is 0 Å². The van der Waals surface area contributed by atoms with Crippen LogP contribution < -0.4 is 28.4 Å². The van der Waals surface area contributed by atoms with Crippen LogP contribution in [0.15, 0.2) is 59.3 Å². The summed E-state index contributed by atoms with van der Waals surface area (Å²) in [6.07, 6.45) is 22.0. The lowest BCUT2D eigenvalue weighted by Gasteiger charge is -2.06. The fourth-order valence-electron chi connectivity index (χ4n) is 6.34. The van der Waals surface area contributed by atoms with E-state index in [9.17, 15) is 0 Å². The molecule has 0 amide bonds. The Labute approximate surface area is 471 Å². The predicted molar refractivity (Wildman–Crippen MR) is 333 cm³/mol. The minimum Gasteiger partial charge on any atom is -0.491 e. The van der Waals surface area contributed by atoms with Crippen molar-refractivity contribution >= 4 is 259 Å². The Kier molecular flexibility index (Phi) is 18.9. The highest BCUT2D eigenvalue weighted by atomic mass is 32.3. The molecule has 9 heterocycles. The van der Waals surface area contributed by atoms with Crippen molar-refractivity contribution in [1.29, 1.82) is 0 Å². The zero-order valence-electron chi connectivity index (χ0n) is 36.7. The van der Waals surface area contributed by atoms with Gasteiger partial charge in [0.05, 0.1) is 131 Å². The number of thioether (sulfide) groups is 16. The maximum atomic E-state index is 6.01. The van der Waals surface area contributed by atoms with Crippen LogP contribution in [-0.2, 0) is 0 Å². The Balaban J connectivity index is 0.856. The second kappa shape index (κ2) is 24.1. The molecule has 0 atom stereocenters. The number of ether oxygens (including phenoxy) is 6. The first kappa shape index (κ1) is 52.8. The van der Waals surface area contributed by atoms with Gasteiger partial charge in [-0.1, -0.05) is 141 Å². The summed E-state index contributed by atoms with van der Waals surface area (Å²) in [7, 11) is 10.3. The van der Waals surface area contributed by atoms with E-state index >= 15 is 0 Å². The van der Waals surface area contributed by atoms with E-state index in [2.05, 4.69) is 61.5 Å². The Bertz CT molecular complexity index is 2560. The van der Waals surface area contributed by atoms with Crippen LogP contribution in [0.2, 0.25) is 0 Å². The topological polar surface area (TPSA) is 55.4 Å². The highest BCUT2D eigenvalue weighted by Gasteiger charge is 2.34. The average Bonchev–Trinajstić information content (AvgIpc) is 4.20. The quantitative estimate of drug-likeness (QED) is 0.137. The molecule has 0 N–H and O–H groups in total. The van der Waals surface area contributed by atoms with E-state index in [1.807, 2.05) is 141 Å². The molecule has 0 aromatic carbocycles. The van der Waals surface area contributed by atoms with Gasteiger partial charge in [0.15, 0.2) is 34.5 Å². The first-order valence-electron chi connectivity index (χ1n) is 19.0. The van der Waals surface area contributed by atoms with E-state index in [1.165, 1.54) is 59.3 Å². The molecule has 0 fully saturated rings. The molecule has 0 radical (unpaired) electrons. The molecular formula is C42H36O6S19. The van der Waals surface area contributed by atoms with Crippen molar-refractivity contribution in [2.75, 3.05) is 67.7 Å². The zero-order valence-corrected chi connectivity index (χ0v) is 52.2. The minimum atomic E-state index is 0.763. The summed E-state index contributed by atoms with van der Waals surface area (Å²) in [5.41, 5.74) is 0. The van der Waals surface area contributed by atoms with Gasteiger partial charge in [0.25, 0.3) is 0 Å². The van der Waals surface area contributed by atoms with Gasteiger partial charge in [0.1, 0.15) is 0 Å². The van der Waals surface area contributed by atoms with Crippen LogP contribution in [0.3, 0.4) is 0 Å². The number of methoxy groups -OCH3 is 6. The highest BCUT2D eigenvalue weighted by molar-refractivity contribution is 8.49. The molecule has 3 aromatic heterocycles. The number of hydrogen-bond acceptors (Lipinski definition) is 25. The minimum absolute atomic E-state index is 0.763. The maximum absolute atomic E-state index is 6.01. The van der Waals surface area contributed by atoms with Crippen molar-refractivity contribution in [2.24, 2.45) is 0 Å². The van der Waals surface area contributed by atoms with Gasteiger partial charge in [-0.2, -0.15) is 0 Å². The second-order valence-corrected chi connectivity index (χ2v) is 35.6. The van der Waals surface area contributed by atoms with Crippen LogP contribution >= 0.6 is 222 Å². The highest BCUT2D eigenvalue weighted by Crippen LogP contribution is 2.70. The van der Waals surface area contributed by atoms with Crippen LogP contribution in [0.1, 0.15) is 29.3 Å². The fourth-order valence-corrected chi connectivity index (χ4v) is 32.7. The molecule has 3 aromatic rings. The van der Waals surface area contributed by atoms with Crippen molar-refractivity contribution in [3.8, 4) is 34.5 Å². The van der Waals surface area contributed by atoms with Crippen molar-refractivity contribution in [3.63, 3.8) is 0 Å². The third-order valence-corrected chi connectivity index (χ3v) is 33.1. The normalized spacial score (nSPS) is 18.0. The van der Waals surface area contributed by atoms with Gasteiger partial charge in [-0.15, -0.1) is 81.1 Å². The molecule has 0 unspecified atom stereocenters. The van der Waals surface area contributed by atoms with E-state index in [4.69, 9.17) is 28.4 Å². The van der Waals surface area contributed by atoms with E-state index < -0.39 is 0 Å². The number of thiophene rings is 3. The fraction of sp³-hybridized carbons (Fsp3) is 0.238. The van der Waals surface area contributed by atoms with Gasteiger partial charge < -0.3 is 28.4 Å². The molecule has 0 saturated heterocycles. The smallest absolute Gasteiger partial charge is 0.179 e. The Morgan fingerprint density at radius 3 is 0.582 bits per heavy atom. The van der Waals surface area contributed by atoms with Crippen LogP contribution in [0.25, 0.3) is 36.5 Å². The summed E-state index contributed by atoms with van der Waals surface area (Å²) >= 11 is 34.2. The molecule has 0 spiro atoms. The predicted octanol–water partition coefficient (Wildman–Crippen LogP) is 20.0. The van der Waals surface area contributed by atoms with E-state index in [0.29, 0.717) is 0 Å². The third kappa shape index (κ3) is 11.4. The Hall–Kier alpha value is 0.900. The molecule has 6 aliphatic heterocycles. The summed E-state index contributed by atoms with van der Waals surface area (Å²) in [5.74, 6) is 4.65. The lowest BCUT2D eigenvalue weighted by atomic mass is 10.3. The molecule has 67 heavy (non-hydrogen) atoms. The molecule has 6 nitrogen and oxygen atoms in total. The van der Waals surface area contributed by atoms with Gasteiger partial charge in [-0.3, -0.25) is 0 Å². The van der Waals surface area contributed by atoms with Gasteiger partial charge in [0, 0.05) is 0 Å². The maximum Gasteiger partial charge on any atom is 0.179 e. The summed E-state index contributed by atoms with van der Waals surface area (Å²) in [4.78, 5) is 6.34. The monoisotopic (exact) mass is 1240 g/mol. The largest absolute Gasteiger partial charge is 0.491 e. The van der Waals surface area contributed by atoms with Crippen LogP contribution in [0, 0.1) is 0 Å². The zero-order chi connectivity index (χ0) is 46.9. The molecule has 0 saturated carbocycles. The Morgan fingerprint density at radius 2 is 0.433 bits per heavy atom. The van der Waals surface area contributed by atoms with Gasteiger partial charge >= 0.3 is 0 Å². The SMILES string of the molecule is COc1c(C=C2SC(SC)=C(SC)S2)sc(C=C2SC3=C(S2)SC(=Cc2sc(C=C4SC5=C(SC(=Cc6sc(C=C7SC(SC)=C(SC)S7)c(OC)c6OC)S5)S4)c(OC)c2OC)S3)c1OC. The standard InChI is InChI=1S/C42H36O6S19/c1-43-29-17(11-23-56-35(49-7)36(50-8)57-23)53-19(31(29)45-3)13-25-60-39-40(61-25)65-27(64-39)15-21-33(47-5)34(48-6)22(55-21)16-28-66-41-42(67-28)63-26(62-41)14-20-32(46-4)30(44-2)18(54-20)12-24-58-37(51-9)38(52-10)59-24/h11-16H,1-10H3. The average molecular weight is 1250 g/mol. The molecule has 9 rings (SSSR count). The van der Waals surface area contributed by atoms with Crippen molar-refractivity contribution < 1.29 is 28.4 Å². The van der Waals surface area contributed by atoms with Crippen LogP contribution in [-0.4, -0.2) is 67.7 Å². The molecular weight excluding hydrogens is 1210 g/mol. The van der Waals surface area contributed by atoms with E-state index in [1.54, 1.807) is 124 Å². The van der Waals surface area contributed by atoms with Gasteiger partial charge in [-0.25, -0.2) is 0 Å². The molecule has 354 valence electrons. The summed E-state index contributed by atoms with van der Waals surface area (Å²) in [5, 5.41) is 0. The second-order valence-electron chi connectivity index (χ2n) is 12.8. The van der Waals surface area contributed by atoms with Gasteiger partial charge in [0.2, 0.25) is 0 Å². The molecule has 6 aliphatic rings. The Morgan fingerprint density at radius 1 is 0.269 bits per heavy atom. The van der Waals surface area contributed by atoms with Crippen LogP contribution in [0.4, 0.5) is 0 Å². The summed E-state index contributed by atoms with van der Waals surface area (Å²) in [6, 6.07) is 0. The molecule has 0 bridgehead atoms. The third-order valence-electron chi connectivity index (χ3n) is 9.07. The lowest BCUT2D eigenvalue weighted by Crippen LogP contribution is -1.89. The van der Waals surface area contributed by atoms with Crippen LogP contribution in [0.5, 0.6) is 34.5 Å². The van der Waals surface area contributed by atoms with E-state index in [-0.39, 0.29) is 0 Å². The van der Waals surface area contributed by atoms with Crippen molar-refractivity contribution in [1.82, 2.24) is 0 Å². The first-order valence-corrected chi connectivity index (χ1v) is 36.1. The summed E-state index contributed by atoms with van der Waals surface area (Å²) < 4.78 is 53.7. The van der Waals surface area contributed by atoms with Gasteiger partial charge in [-0.05, 0) is 61.5 Å². The van der Waals surface area contributed by atoms with E-state index in [0.717, 1.165) is 63.8 Å². The molecule has 0 aliphatic carbocycles. The number of hydrogen-bond donors (Lipinski definition) is 0. The molecule has 25 heteroatoms. The summed E-state index contributed by atoms with van der Waals surface area (Å²) in [6.45, 7) is 0. The first-order chi connectivity index (χ1) is 32.6. The van der Waals surface area contributed by atoms with Crippen molar-refractivity contribution in [3.05, 3.63) is 88.6 Å². The lowest BCUT2D eigenvalue weighted by molar-refractivity contribution is 0.357.